The maximum atomic E-state index is 8.88. The van der Waals surface area contributed by atoms with Crippen molar-refractivity contribution in [2.75, 3.05) is 5.32 Å². The molecule has 0 atom stereocenters. The molecular weight excluding hydrogens is 212 g/mol. The van der Waals surface area contributed by atoms with Gasteiger partial charge in [-0.25, -0.2) is 9.97 Å². The first-order valence-corrected chi connectivity index (χ1v) is 5.29. The lowest BCUT2D eigenvalue weighted by Crippen LogP contribution is -2.03. The maximum Gasteiger partial charge on any atom is 0.147 e. The van der Waals surface area contributed by atoms with E-state index in [-0.39, 0.29) is 0 Å². The van der Waals surface area contributed by atoms with E-state index in [2.05, 4.69) is 52.5 Å². The summed E-state index contributed by atoms with van der Waals surface area (Å²) in [6.07, 6.45) is 2.93. The molecule has 0 saturated carbocycles. The third-order valence-electron chi connectivity index (χ3n) is 2.41. The molecule has 84 valence electrons. The lowest BCUT2D eigenvalue weighted by Gasteiger charge is -2.06. The number of aryl methyl sites for hydroxylation is 1. The molecule has 0 saturated heterocycles. The van der Waals surface area contributed by atoms with E-state index < -0.39 is 0 Å². The molecule has 1 heterocycles. The van der Waals surface area contributed by atoms with E-state index in [9.17, 15) is 0 Å². The summed E-state index contributed by atoms with van der Waals surface area (Å²) in [5, 5.41) is 12.0. The molecule has 0 bridgehead atoms. The van der Waals surface area contributed by atoms with Gasteiger partial charge in [0.1, 0.15) is 23.8 Å². The summed E-state index contributed by atoms with van der Waals surface area (Å²) in [5.41, 5.74) is 2.84. The van der Waals surface area contributed by atoms with Crippen LogP contribution in [-0.2, 0) is 6.54 Å². The van der Waals surface area contributed by atoms with E-state index in [0.29, 0.717) is 17.9 Å². The van der Waals surface area contributed by atoms with Crippen molar-refractivity contribution in [3.63, 3.8) is 0 Å². The Morgan fingerprint density at radius 2 is 2.06 bits per heavy atom. The van der Waals surface area contributed by atoms with Gasteiger partial charge in [0.05, 0.1) is 6.20 Å². The number of rotatable bonds is 3. The van der Waals surface area contributed by atoms with Crippen molar-refractivity contribution in [1.29, 1.82) is 5.26 Å². The summed E-state index contributed by atoms with van der Waals surface area (Å²) in [7, 11) is 0. The minimum Gasteiger partial charge on any atom is -0.365 e. The number of hydrogen-bond donors (Lipinski definition) is 1. The topological polar surface area (TPSA) is 61.6 Å². The van der Waals surface area contributed by atoms with Gasteiger partial charge in [-0.05, 0) is 12.5 Å². The highest BCUT2D eigenvalue weighted by atomic mass is 15.0. The molecule has 1 aromatic carbocycles. The predicted octanol–water partition coefficient (Wildman–Crippen LogP) is 2.27. The number of nitrogens with one attached hydrogen (secondary N) is 1. The van der Waals surface area contributed by atoms with Crippen LogP contribution in [0.15, 0.2) is 36.8 Å². The van der Waals surface area contributed by atoms with Crippen LogP contribution >= 0.6 is 0 Å². The summed E-state index contributed by atoms with van der Waals surface area (Å²) < 4.78 is 0. The Kier molecular flexibility index (Phi) is 3.31. The van der Waals surface area contributed by atoms with Gasteiger partial charge in [-0.15, -0.1) is 0 Å². The van der Waals surface area contributed by atoms with Crippen LogP contribution in [0.2, 0.25) is 0 Å². The number of benzene rings is 1. The first-order chi connectivity index (χ1) is 8.29. The largest absolute Gasteiger partial charge is 0.365 e. The van der Waals surface area contributed by atoms with E-state index in [0.717, 1.165) is 5.56 Å². The van der Waals surface area contributed by atoms with Crippen LogP contribution in [0.25, 0.3) is 0 Å². The average molecular weight is 224 g/mol. The minimum atomic E-state index is 0.458. The zero-order valence-corrected chi connectivity index (χ0v) is 9.51. The molecule has 4 nitrogen and oxygen atoms in total. The molecule has 4 heteroatoms. The van der Waals surface area contributed by atoms with Crippen LogP contribution in [0.3, 0.4) is 0 Å². The Balaban J connectivity index is 2.08. The normalized spacial score (nSPS) is 9.65. The number of nitrogens with zero attached hydrogens (tertiary/aromatic N) is 3. The zero-order valence-electron chi connectivity index (χ0n) is 9.51. The third kappa shape index (κ3) is 2.79. The highest BCUT2D eigenvalue weighted by molar-refractivity contribution is 5.50. The molecule has 0 spiro atoms. The fourth-order valence-corrected chi connectivity index (χ4v) is 1.44. The van der Waals surface area contributed by atoms with Gasteiger partial charge in [-0.3, -0.25) is 0 Å². The standard InChI is InChI=1S/C13H12N4/c1-10-2-4-11(5-3-10)7-16-13-12(6-14)8-15-9-17-13/h2-5,8-9H,7H2,1H3,(H,15,16,17). The predicted molar refractivity (Wildman–Crippen MR) is 65.3 cm³/mol. The molecule has 0 radical (unpaired) electrons. The van der Waals surface area contributed by atoms with Crippen molar-refractivity contribution in [2.45, 2.75) is 13.5 Å². The SMILES string of the molecule is Cc1ccc(CNc2ncncc2C#N)cc1. The van der Waals surface area contributed by atoms with Crippen LogP contribution < -0.4 is 5.32 Å². The van der Waals surface area contributed by atoms with E-state index in [4.69, 9.17) is 5.26 Å². The van der Waals surface area contributed by atoms with Gasteiger partial charge in [0.25, 0.3) is 0 Å². The molecule has 17 heavy (non-hydrogen) atoms. The summed E-state index contributed by atoms with van der Waals surface area (Å²) in [5.74, 6) is 0.572. The molecule has 0 aliphatic heterocycles. The summed E-state index contributed by atoms with van der Waals surface area (Å²) in [6.45, 7) is 2.70. The summed E-state index contributed by atoms with van der Waals surface area (Å²) in [6, 6.07) is 10.3. The molecule has 0 unspecified atom stereocenters. The van der Waals surface area contributed by atoms with Crippen LogP contribution in [-0.4, -0.2) is 9.97 Å². The van der Waals surface area contributed by atoms with E-state index in [1.165, 1.54) is 18.1 Å². The number of anilines is 1. The average Bonchev–Trinajstić information content (AvgIpc) is 2.38. The van der Waals surface area contributed by atoms with Gasteiger partial charge in [0.15, 0.2) is 0 Å². The van der Waals surface area contributed by atoms with Gasteiger partial charge in [0.2, 0.25) is 0 Å². The van der Waals surface area contributed by atoms with E-state index >= 15 is 0 Å². The Morgan fingerprint density at radius 1 is 1.29 bits per heavy atom. The molecule has 0 aliphatic rings. The summed E-state index contributed by atoms with van der Waals surface area (Å²) in [4.78, 5) is 7.85. The molecule has 2 rings (SSSR count). The molecule has 0 fully saturated rings. The Hall–Kier alpha value is -2.41. The number of hydrogen-bond acceptors (Lipinski definition) is 4. The maximum absolute atomic E-state index is 8.88. The Bertz CT molecular complexity index is 540. The highest BCUT2D eigenvalue weighted by Crippen LogP contribution is 2.10. The molecule has 0 amide bonds. The second-order valence-corrected chi connectivity index (χ2v) is 3.74. The highest BCUT2D eigenvalue weighted by Gasteiger charge is 2.02. The van der Waals surface area contributed by atoms with E-state index in [1.54, 1.807) is 0 Å². The van der Waals surface area contributed by atoms with Crippen LogP contribution in [0.4, 0.5) is 5.82 Å². The molecule has 1 N–H and O–H groups in total. The second kappa shape index (κ2) is 5.08. The number of nitriles is 1. The number of aromatic nitrogens is 2. The lowest BCUT2D eigenvalue weighted by atomic mass is 10.1. The first-order valence-electron chi connectivity index (χ1n) is 5.29. The van der Waals surface area contributed by atoms with Crippen LogP contribution in [0.5, 0.6) is 0 Å². The van der Waals surface area contributed by atoms with Crippen molar-refractivity contribution in [2.24, 2.45) is 0 Å². The summed E-state index contributed by atoms with van der Waals surface area (Å²) >= 11 is 0. The van der Waals surface area contributed by atoms with Gasteiger partial charge in [-0.2, -0.15) is 5.26 Å². The quantitative estimate of drug-likeness (QED) is 0.868. The zero-order chi connectivity index (χ0) is 12.1. The third-order valence-corrected chi connectivity index (χ3v) is 2.41. The van der Waals surface area contributed by atoms with Gasteiger partial charge >= 0.3 is 0 Å². The van der Waals surface area contributed by atoms with Crippen LogP contribution in [0, 0.1) is 18.3 Å². The second-order valence-electron chi connectivity index (χ2n) is 3.74. The fourth-order valence-electron chi connectivity index (χ4n) is 1.44. The van der Waals surface area contributed by atoms with Gasteiger partial charge < -0.3 is 5.32 Å². The van der Waals surface area contributed by atoms with E-state index in [1.807, 2.05) is 0 Å². The molecule has 1 aromatic heterocycles. The lowest BCUT2D eigenvalue weighted by molar-refractivity contribution is 1.07. The Morgan fingerprint density at radius 3 is 2.76 bits per heavy atom. The van der Waals surface area contributed by atoms with Gasteiger partial charge in [-0.1, -0.05) is 29.8 Å². The smallest absolute Gasteiger partial charge is 0.147 e. The van der Waals surface area contributed by atoms with Crippen molar-refractivity contribution >= 4 is 5.82 Å². The van der Waals surface area contributed by atoms with Crippen molar-refractivity contribution in [3.8, 4) is 6.07 Å². The minimum absolute atomic E-state index is 0.458. The Labute approximate surface area is 100.0 Å². The van der Waals surface area contributed by atoms with Crippen molar-refractivity contribution in [1.82, 2.24) is 9.97 Å². The molecule has 2 aromatic rings. The van der Waals surface area contributed by atoms with Crippen LogP contribution in [0.1, 0.15) is 16.7 Å². The van der Waals surface area contributed by atoms with Crippen molar-refractivity contribution in [3.05, 3.63) is 53.5 Å². The molecular formula is C13H12N4. The fraction of sp³-hybridized carbons (Fsp3) is 0.154. The molecule has 0 aliphatic carbocycles. The monoisotopic (exact) mass is 224 g/mol. The van der Waals surface area contributed by atoms with Gasteiger partial charge in [0, 0.05) is 6.54 Å². The van der Waals surface area contributed by atoms with Crippen molar-refractivity contribution < 1.29 is 0 Å². The first kappa shape index (κ1) is 11.1.